The van der Waals surface area contributed by atoms with E-state index in [1.165, 1.54) is 5.57 Å². The van der Waals surface area contributed by atoms with Crippen molar-refractivity contribution in [1.29, 1.82) is 0 Å². The van der Waals surface area contributed by atoms with Gasteiger partial charge in [0.2, 0.25) is 0 Å². The predicted octanol–water partition coefficient (Wildman–Crippen LogP) is 4.66. The van der Waals surface area contributed by atoms with Gasteiger partial charge in [0.25, 0.3) is 0 Å². The Bertz CT molecular complexity index is 635. The van der Waals surface area contributed by atoms with Crippen LogP contribution in [0.2, 0.25) is 0 Å². The summed E-state index contributed by atoms with van der Waals surface area (Å²) in [6.07, 6.45) is 7.26. The summed E-state index contributed by atoms with van der Waals surface area (Å²) in [5.74, 6) is -1.61. The molecule has 0 fully saturated rings. The predicted molar refractivity (Wildman–Crippen MR) is 103 cm³/mol. The molecule has 1 rings (SSSR count). The summed E-state index contributed by atoms with van der Waals surface area (Å²) in [4.78, 5) is 12.3. The van der Waals surface area contributed by atoms with Gasteiger partial charge in [-0.2, -0.15) is 0 Å². The molecule has 0 aromatic carbocycles. The van der Waals surface area contributed by atoms with E-state index in [-0.39, 0.29) is 30.5 Å². The number of ether oxygens (including phenoxy) is 1. The number of Topliss-reactive ketones (excluding diaryl/α,β-unsaturated/α-hetero) is 1. The molecular formula is C21H32O5. The smallest absolute Gasteiger partial charge is 0.198 e. The third-order valence-electron chi connectivity index (χ3n) is 4.54. The minimum Gasteiger partial charge on any atom is -0.508 e. The zero-order valence-electron chi connectivity index (χ0n) is 16.5. The molecule has 0 radical (unpaired) electrons. The van der Waals surface area contributed by atoms with E-state index in [1.54, 1.807) is 6.92 Å². The van der Waals surface area contributed by atoms with Gasteiger partial charge in [0.15, 0.2) is 22.9 Å². The summed E-state index contributed by atoms with van der Waals surface area (Å²) >= 11 is 0. The molecule has 2 atom stereocenters. The number of hydrogen-bond donors (Lipinski definition) is 3. The molecule has 3 N–H and O–H groups in total. The van der Waals surface area contributed by atoms with E-state index in [9.17, 15) is 20.1 Å². The van der Waals surface area contributed by atoms with Crippen LogP contribution in [-0.4, -0.2) is 33.3 Å². The molecule has 0 saturated heterocycles. The number of carbonyl (C=O) groups excluding carboxylic acids is 1. The van der Waals surface area contributed by atoms with Gasteiger partial charge in [-0.25, -0.2) is 0 Å². The van der Waals surface area contributed by atoms with Crippen LogP contribution in [0.5, 0.6) is 0 Å². The molecule has 5 heteroatoms. The SMILES string of the molecule is CCC(C)C(=O)C1(O)C=C(O)C(OC/C=C(\C)CCC=C(C)C)=C(O)C1. The molecule has 0 aliphatic heterocycles. The average molecular weight is 364 g/mol. The van der Waals surface area contributed by atoms with Gasteiger partial charge in [-0.05, 0) is 46.1 Å². The number of ketones is 1. The van der Waals surface area contributed by atoms with Crippen LogP contribution in [0, 0.1) is 5.92 Å². The molecule has 146 valence electrons. The van der Waals surface area contributed by atoms with Crippen molar-refractivity contribution in [3.8, 4) is 0 Å². The Morgan fingerprint density at radius 2 is 1.96 bits per heavy atom. The Labute approximate surface area is 156 Å². The minimum absolute atomic E-state index is 0.0834. The molecule has 0 aromatic heterocycles. The van der Waals surface area contributed by atoms with E-state index in [1.807, 2.05) is 19.9 Å². The Hall–Kier alpha value is -2.01. The number of carbonyl (C=O) groups is 1. The van der Waals surface area contributed by atoms with Gasteiger partial charge >= 0.3 is 0 Å². The first-order valence-electron chi connectivity index (χ1n) is 9.13. The number of rotatable bonds is 9. The summed E-state index contributed by atoms with van der Waals surface area (Å²) in [5, 5.41) is 30.8. The van der Waals surface area contributed by atoms with Crippen LogP contribution < -0.4 is 0 Å². The van der Waals surface area contributed by atoms with Crippen LogP contribution in [0.15, 0.2) is 46.7 Å². The van der Waals surface area contributed by atoms with Gasteiger partial charge in [-0.15, -0.1) is 0 Å². The maximum Gasteiger partial charge on any atom is 0.198 e. The van der Waals surface area contributed by atoms with Crippen LogP contribution in [-0.2, 0) is 9.53 Å². The summed E-state index contributed by atoms with van der Waals surface area (Å²) in [7, 11) is 0. The lowest BCUT2D eigenvalue weighted by Gasteiger charge is -2.29. The Balaban J connectivity index is 2.73. The molecule has 0 saturated carbocycles. The van der Waals surface area contributed by atoms with Crippen LogP contribution in [0.3, 0.4) is 0 Å². The summed E-state index contributed by atoms with van der Waals surface area (Å²) in [6, 6.07) is 0. The lowest BCUT2D eigenvalue weighted by Crippen LogP contribution is -2.42. The van der Waals surface area contributed by atoms with Crippen molar-refractivity contribution in [3.05, 3.63) is 46.7 Å². The summed E-state index contributed by atoms with van der Waals surface area (Å²) in [6.45, 7) is 9.85. The molecule has 0 amide bonds. The second kappa shape index (κ2) is 9.62. The zero-order chi connectivity index (χ0) is 19.9. The molecule has 26 heavy (non-hydrogen) atoms. The maximum absolute atomic E-state index is 12.3. The lowest BCUT2D eigenvalue weighted by atomic mass is 9.82. The number of aliphatic hydroxyl groups is 3. The highest BCUT2D eigenvalue weighted by Crippen LogP contribution is 2.33. The molecule has 0 aromatic rings. The molecule has 1 aliphatic rings. The second-order valence-electron chi connectivity index (χ2n) is 7.26. The van der Waals surface area contributed by atoms with Crippen molar-refractivity contribution >= 4 is 5.78 Å². The second-order valence-corrected chi connectivity index (χ2v) is 7.26. The van der Waals surface area contributed by atoms with Crippen LogP contribution >= 0.6 is 0 Å². The van der Waals surface area contributed by atoms with Crippen molar-refractivity contribution in [1.82, 2.24) is 0 Å². The van der Waals surface area contributed by atoms with Gasteiger partial charge in [0.05, 0.1) is 0 Å². The molecule has 2 unspecified atom stereocenters. The van der Waals surface area contributed by atoms with E-state index >= 15 is 0 Å². The van der Waals surface area contributed by atoms with Crippen LogP contribution in [0.4, 0.5) is 0 Å². The Morgan fingerprint density at radius 3 is 2.50 bits per heavy atom. The molecule has 0 heterocycles. The fraction of sp³-hybridized carbons (Fsp3) is 0.571. The van der Waals surface area contributed by atoms with Crippen LogP contribution in [0.25, 0.3) is 0 Å². The Morgan fingerprint density at radius 1 is 1.31 bits per heavy atom. The third-order valence-corrected chi connectivity index (χ3v) is 4.54. The van der Waals surface area contributed by atoms with Gasteiger partial charge in [-0.1, -0.05) is 31.1 Å². The fourth-order valence-corrected chi connectivity index (χ4v) is 2.71. The lowest BCUT2D eigenvalue weighted by molar-refractivity contribution is -0.137. The van der Waals surface area contributed by atoms with Crippen LogP contribution in [0.1, 0.15) is 60.3 Å². The van der Waals surface area contributed by atoms with Gasteiger partial charge < -0.3 is 20.1 Å². The van der Waals surface area contributed by atoms with Gasteiger partial charge in [-0.3, -0.25) is 4.79 Å². The first kappa shape index (κ1) is 22.0. The fourth-order valence-electron chi connectivity index (χ4n) is 2.71. The summed E-state index contributed by atoms with van der Waals surface area (Å²) < 4.78 is 5.46. The van der Waals surface area contributed by atoms with E-state index in [2.05, 4.69) is 19.9 Å². The standard InChI is InChI=1S/C21H32O5/c1-6-16(5)20(24)21(25)12-17(22)19(18(23)13-21)26-11-10-15(4)9-7-8-14(2)3/h8,10,12,16,22-23,25H,6-7,9,11,13H2,1-5H3/b15-10+. The highest BCUT2D eigenvalue weighted by atomic mass is 16.5. The van der Waals surface area contributed by atoms with E-state index in [0.29, 0.717) is 6.42 Å². The number of hydrogen-bond acceptors (Lipinski definition) is 5. The molecule has 1 aliphatic carbocycles. The largest absolute Gasteiger partial charge is 0.508 e. The van der Waals surface area contributed by atoms with E-state index < -0.39 is 17.1 Å². The van der Waals surface area contributed by atoms with Crippen molar-refractivity contribution in [2.45, 2.75) is 65.9 Å². The number of allylic oxidation sites excluding steroid dienone is 3. The highest BCUT2D eigenvalue weighted by molar-refractivity contribution is 5.91. The first-order chi connectivity index (χ1) is 12.1. The Kier molecular flexibility index (Phi) is 8.15. The summed E-state index contributed by atoms with van der Waals surface area (Å²) in [5.41, 5.74) is 0.526. The normalized spacial score (nSPS) is 21.9. The monoisotopic (exact) mass is 364 g/mol. The zero-order valence-corrected chi connectivity index (χ0v) is 16.5. The third kappa shape index (κ3) is 6.06. The first-order valence-corrected chi connectivity index (χ1v) is 9.13. The quantitative estimate of drug-likeness (QED) is 0.518. The molecule has 0 spiro atoms. The van der Waals surface area contributed by atoms with Gasteiger partial charge in [0.1, 0.15) is 12.4 Å². The van der Waals surface area contributed by atoms with E-state index in [4.69, 9.17) is 4.74 Å². The maximum atomic E-state index is 12.3. The highest BCUT2D eigenvalue weighted by Gasteiger charge is 2.42. The van der Waals surface area contributed by atoms with E-state index in [0.717, 1.165) is 24.5 Å². The van der Waals surface area contributed by atoms with Gasteiger partial charge in [0, 0.05) is 18.4 Å². The number of aliphatic hydroxyl groups excluding tert-OH is 2. The van der Waals surface area contributed by atoms with Crippen molar-refractivity contribution in [2.24, 2.45) is 5.92 Å². The van der Waals surface area contributed by atoms with Crippen molar-refractivity contribution < 1.29 is 24.9 Å². The molecule has 5 nitrogen and oxygen atoms in total. The molecule has 0 bridgehead atoms. The topological polar surface area (TPSA) is 87.0 Å². The minimum atomic E-state index is -1.90. The average Bonchev–Trinajstić information content (AvgIpc) is 2.55. The van der Waals surface area contributed by atoms with Crippen molar-refractivity contribution in [2.75, 3.05) is 6.61 Å². The molecular weight excluding hydrogens is 332 g/mol. The van der Waals surface area contributed by atoms with Crippen molar-refractivity contribution in [3.63, 3.8) is 0 Å².